The number of aryl methyl sites for hydroxylation is 1. The number of nitrogens with one attached hydrogen (secondary N) is 1. The van der Waals surface area contributed by atoms with E-state index in [-0.39, 0.29) is 23.6 Å². The minimum absolute atomic E-state index is 0.00884. The van der Waals surface area contributed by atoms with E-state index in [2.05, 4.69) is 36.2 Å². The molecule has 3 aromatic heterocycles. The van der Waals surface area contributed by atoms with Gasteiger partial charge in [0, 0.05) is 49.2 Å². The van der Waals surface area contributed by atoms with Gasteiger partial charge in [-0.05, 0) is 55.3 Å². The smallest absolute Gasteiger partial charge is 0.338 e. The van der Waals surface area contributed by atoms with Crippen molar-refractivity contribution in [3.63, 3.8) is 0 Å². The maximum Gasteiger partial charge on any atom is 0.338 e. The van der Waals surface area contributed by atoms with Gasteiger partial charge < -0.3 is 19.4 Å². The number of rotatable bonds is 9. The van der Waals surface area contributed by atoms with Gasteiger partial charge in [0.15, 0.2) is 0 Å². The minimum atomic E-state index is -1.35. The van der Waals surface area contributed by atoms with E-state index < -0.39 is 19.9 Å². The van der Waals surface area contributed by atoms with E-state index in [1.54, 1.807) is 42.9 Å². The molecule has 0 atom stereocenters. The van der Waals surface area contributed by atoms with Crippen molar-refractivity contribution in [1.82, 2.24) is 14.5 Å². The first kappa shape index (κ1) is 25.6. The first-order chi connectivity index (χ1) is 17.0. The first-order valence-corrected chi connectivity index (χ1v) is 15.6. The lowest BCUT2D eigenvalue weighted by atomic mass is 9.96. The van der Waals surface area contributed by atoms with E-state index in [1.165, 1.54) is 6.07 Å². The predicted octanol–water partition coefficient (Wildman–Crippen LogP) is 7.19. The van der Waals surface area contributed by atoms with E-state index in [4.69, 9.17) is 4.74 Å². The van der Waals surface area contributed by atoms with Gasteiger partial charge in [-0.2, -0.15) is 0 Å². The highest BCUT2D eigenvalue weighted by Gasteiger charge is 2.31. The largest absolute Gasteiger partial charge is 0.478 e. The summed E-state index contributed by atoms with van der Waals surface area (Å²) in [6.07, 6.45) is 3.46. The molecule has 0 bridgehead atoms. The molecule has 2 N–H and O–H groups in total. The molecule has 0 fully saturated rings. The number of nitrogens with zero attached hydrogens (tertiary/aromatic N) is 2. The SMILES string of the molecule is C=C(C)c1c(C(=O)O)c(-c2ccc(C)cc2F)n(COCC[Si](C)(C)C)c1-c1ccnc2[nH]ccc12. The molecule has 0 saturated carbocycles. The molecule has 0 aliphatic heterocycles. The Hall–Kier alpha value is -3.49. The average molecular weight is 506 g/mol. The molecule has 0 unspecified atom stereocenters. The monoisotopic (exact) mass is 505 g/mol. The number of aromatic carboxylic acids is 1. The lowest BCUT2D eigenvalue weighted by Crippen LogP contribution is -2.22. The highest BCUT2D eigenvalue weighted by molar-refractivity contribution is 6.76. The van der Waals surface area contributed by atoms with E-state index in [0.29, 0.717) is 29.1 Å². The Morgan fingerprint density at radius 2 is 1.89 bits per heavy atom. The van der Waals surface area contributed by atoms with E-state index in [9.17, 15) is 9.90 Å². The van der Waals surface area contributed by atoms with Gasteiger partial charge in [0.25, 0.3) is 0 Å². The number of carboxylic acid groups (broad SMARTS) is 1. The molecular weight excluding hydrogens is 473 g/mol. The molecule has 4 rings (SSSR count). The second-order valence-electron chi connectivity index (χ2n) is 10.4. The van der Waals surface area contributed by atoms with Crippen LogP contribution in [0.4, 0.5) is 4.39 Å². The van der Waals surface area contributed by atoms with Crippen molar-refractivity contribution >= 4 is 30.6 Å². The zero-order valence-electron chi connectivity index (χ0n) is 21.4. The summed E-state index contributed by atoms with van der Waals surface area (Å²) in [6.45, 7) is 15.1. The number of hydrogen-bond acceptors (Lipinski definition) is 3. The zero-order chi connectivity index (χ0) is 26.2. The Kier molecular flexibility index (Phi) is 7.02. The van der Waals surface area contributed by atoms with Gasteiger partial charge in [0.1, 0.15) is 18.2 Å². The molecule has 4 aromatic rings. The van der Waals surface area contributed by atoms with Gasteiger partial charge in [-0.1, -0.05) is 32.3 Å². The summed E-state index contributed by atoms with van der Waals surface area (Å²) in [5, 5.41) is 11.2. The van der Waals surface area contributed by atoms with Crippen molar-refractivity contribution in [2.24, 2.45) is 0 Å². The summed E-state index contributed by atoms with van der Waals surface area (Å²) in [5.41, 5.74) is 4.33. The topological polar surface area (TPSA) is 80.1 Å². The van der Waals surface area contributed by atoms with Crippen LogP contribution < -0.4 is 0 Å². The maximum absolute atomic E-state index is 15.4. The van der Waals surface area contributed by atoms with Crippen molar-refractivity contribution in [1.29, 1.82) is 0 Å². The molecular formula is C28H32FN3O3Si. The zero-order valence-corrected chi connectivity index (χ0v) is 22.4. The van der Waals surface area contributed by atoms with Gasteiger partial charge in [-0.25, -0.2) is 14.2 Å². The van der Waals surface area contributed by atoms with Crippen LogP contribution in [-0.2, 0) is 11.5 Å². The molecule has 0 aliphatic carbocycles. The van der Waals surface area contributed by atoms with Crippen LogP contribution in [0.5, 0.6) is 0 Å². The van der Waals surface area contributed by atoms with Crippen molar-refractivity contribution in [3.8, 4) is 22.5 Å². The summed E-state index contributed by atoms with van der Waals surface area (Å²) >= 11 is 0. The number of aromatic nitrogens is 3. The van der Waals surface area contributed by atoms with E-state index in [0.717, 1.165) is 22.6 Å². The van der Waals surface area contributed by atoms with Crippen molar-refractivity contribution in [2.45, 2.75) is 46.3 Å². The first-order valence-electron chi connectivity index (χ1n) is 11.9. The fourth-order valence-corrected chi connectivity index (χ4v) is 5.20. The molecule has 36 heavy (non-hydrogen) atoms. The Morgan fingerprint density at radius 1 is 1.17 bits per heavy atom. The van der Waals surface area contributed by atoms with Crippen LogP contribution in [0, 0.1) is 12.7 Å². The third-order valence-electron chi connectivity index (χ3n) is 6.22. The van der Waals surface area contributed by atoms with Crippen LogP contribution in [0.2, 0.25) is 25.7 Å². The fraction of sp³-hybridized carbons (Fsp3) is 0.286. The normalized spacial score (nSPS) is 11.8. The number of carbonyl (C=O) groups is 1. The molecule has 6 nitrogen and oxygen atoms in total. The number of allylic oxidation sites excluding steroid dienone is 1. The van der Waals surface area contributed by atoms with Gasteiger partial charge in [0.2, 0.25) is 0 Å². The number of H-pyrrole nitrogens is 1. The quantitative estimate of drug-likeness (QED) is 0.186. The second-order valence-corrected chi connectivity index (χ2v) is 16.0. The summed E-state index contributed by atoms with van der Waals surface area (Å²) in [6, 6.07) is 9.53. The van der Waals surface area contributed by atoms with E-state index >= 15 is 4.39 Å². The molecule has 1 aromatic carbocycles. The van der Waals surface area contributed by atoms with Crippen LogP contribution in [0.15, 0.2) is 49.3 Å². The third-order valence-corrected chi connectivity index (χ3v) is 7.92. The number of pyridine rings is 1. The Labute approximate surface area is 211 Å². The standard InChI is InChI=1S/C28H32FN3O3Si/c1-17(2)23-24(28(33)34)26(21-8-7-18(3)15-22(21)29)32(16-35-13-14-36(4,5)6)25(23)19-9-11-30-27-20(19)10-12-31-27/h7-12,15H,1,13-14,16H2,2-6H3,(H,30,31)(H,33,34). The summed E-state index contributed by atoms with van der Waals surface area (Å²) < 4.78 is 23.3. The average Bonchev–Trinajstić information content (AvgIpc) is 3.39. The van der Waals surface area contributed by atoms with Crippen molar-refractivity contribution in [2.75, 3.05) is 6.61 Å². The molecule has 0 radical (unpaired) electrons. The third kappa shape index (κ3) is 4.92. The predicted molar refractivity (Wildman–Crippen MR) is 145 cm³/mol. The summed E-state index contributed by atoms with van der Waals surface area (Å²) in [5.74, 6) is -1.64. The van der Waals surface area contributed by atoms with Crippen LogP contribution in [-0.4, -0.2) is 40.3 Å². The van der Waals surface area contributed by atoms with Gasteiger partial charge in [-0.3, -0.25) is 0 Å². The second kappa shape index (κ2) is 9.87. The fourth-order valence-electron chi connectivity index (χ4n) is 4.45. The molecule has 0 saturated heterocycles. The highest BCUT2D eigenvalue weighted by Crippen LogP contribution is 2.43. The molecule has 0 amide bonds. The molecule has 0 aliphatic rings. The number of ether oxygens (including phenoxy) is 1. The number of aromatic amines is 1. The van der Waals surface area contributed by atoms with Crippen LogP contribution >= 0.6 is 0 Å². The number of benzene rings is 1. The van der Waals surface area contributed by atoms with Crippen molar-refractivity contribution < 1.29 is 19.0 Å². The Balaban J connectivity index is 2.05. The maximum atomic E-state index is 15.4. The number of fused-ring (bicyclic) bond motifs is 1. The minimum Gasteiger partial charge on any atom is -0.478 e. The molecule has 8 heteroatoms. The van der Waals surface area contributed by atoms with Gasteiger partial charge in [0.05, 0.1) is 17.0 Å². The summed E-state index contributed by atoms with van der Waals surface area (Å²) in [7, 11) is -1.35. The molecule has 3 heterocycles. The highest BCUT2D eigenvalue weighted by atomic mass is 28.3. The lowest BCUT2D eigenvalue weighted by molar-refractivity contribution is 0.0695. The van der Waals surface area contributed by atoms with Gasteiger partial charge in [-0.15, -0.1) is 0 Å². The Bertz CT molecular complexity index is 1460. The summed E-state index contributed by atoms with van der Waals surface area (Å²) in [4.78, 5) is 20.2. The van der Waals surface area contributed by atoms with Crippen LogP contribution in [0.1, 0.15) is 28.4 Å². The van der Waals surface area contributed by atoms with Crippen LogP contribution in [0.25, 0.3) is 39.1 Å². The van der Waals surface area contributed by atoms with E-state index in [1.807, 2.05) is 12.1 Å². The van der Waals surface area contributed by atoms with Gasteiger partial charge >= 0.3 is 5.97 Å². The Morgan fingerprint density at radius 3 is 2.53 bits per heavy atom. The molecule has 188 valence electrons. The number of halogens is 1. The molecule has 0 spiro atoms. The van der Waals surface area contributed by atoms with Crippen LogP contribution in [0.3, 0.4) is 0 Å². The number of hydrogen-bond donors (Lipinski definition) is 2. The number of carboxylic acids is 1. The lowest BCUT2D eigenvalue weighted by Gasteiger charge is -2.19. The van der Waals surface area contributed by atoms with Crippen molar-refractivity contribution in [3.05, 3.63) is 71.8 Å².